The molecule has 0 atom stereocenters. The van der Waals surface area contributed by atoms with E-state index in [0.717, 1.165) is 0 Å². The first-order valence-corrected chi connectivity index (χ1v) is 6.98. The molecule has 0 aliphatic heterocycles. The zero-order valence-electron chi connectivity index (χ0n) is 10.4. The van der Waals surface area contributed by atoms with Crippen molar-refractivity contribution in [3.05, 3.63) is 73.3 Å². The van der Waals surface area contributed by atoms with E-state index in [1.54, 1.807) is 6.08 Å². The van der Waals surface area contributed by atoms with E-state index in [1.807, 2.05) is 60.7 Å². The second-order valence-corrected chi connectivity index (χ2v) is 4.69. The normalized spacial score (nSPS) is 10.2. The molecule has 19 heavy (non-hydrogen) atoms. The topological polar surface area (TPSA) is 27.7 Å². The van der Waals surface area contributed by atoms with E-state index in [1.165, 1.54) is 0 Å². The van der Waals surface area contributed by atoms with Gasteiger partial charge >= 0.3 is 8.60 Å². The minimum atomic E-state index is -1.49. The van der Waals surface area contributed by atoms with Crippen LogP contribution in [0.3, 0.4) is 0 Å². The van der Waals surface area contributed by atoms with Gasteiger partial charge in [-0.15, -0.1) is 6.58 Å². The van der Waals surface area contributed by atoms with Crippen molar-refractivity contribution >= 4 is 8.60 Å². The molecular weight excluding hydrogens is 259 g/mol. The van der Waals surface area contributed by atoms with E-state index in [0.29, 0.717) is 18.1 Å². The monoisotopic (exact) mass is 274 g/mol. The maximum absolute atomic E-state index is 5.69. The molecule has 0 spiro atoms. The first kappa shape index (κ1) is 13.6. The minimum Gasteiger partial charge on any atom is -0.418 e. The van der Waals surface area contributed by atoms with Gasteiger partial charge in [0.05, 0.1) is 6.61 Å². The van der Waals surface area contributed by atoms with Crippen molar-refractivity contribution in [1.82, 2.24) is 0 Å². The Kier molecular flexibility index (Phi) is 5.42. The molecule has 0 saturated carbocycles. The third-order valence-corrected chi connectivity index (χ3v) is 3.22. The van der Waals surface area contributed by atoms with Crippen LogP contribution < -0.4 is 9.05 Å². The van der Waals surface area contributed by atoms with Crippen molar-refractivity contribution in [3.63, 3.8) is 0 Å². The zero-order valence-corrected chi connectivity index (χ0v) is 11.3. The van der Waals surface area contributed by atoms with Crippen molar-refractivity contribution in [1.29, 1.82) is 0 Å². The average molecular weight is 274 g/mol. The first-order chi connectivity index (χ1) is 9.38. The molecule has 0 radical (unpaired) electrons. The molecular formula is C15H15O3P. The van der Waals surface area contributed by atoms with Crippen LogP contribution in [0.2, 0.25) is 0 Å². The fourth-order valence-corrected chi connectivity index (χ4v) is 2.28. The van der Waals surface area contributed by atoms with Crippen molar-refractivity contribution in [3.8, 4) is 11.5 Å². The second-order valence-electron chi connectivity index (χ2n) is 3.62. The van der Waals surface area contributed by atoms with Crippen LogP contribution in [0.1, 0.15) is 0 Å². The summed E-state index contributed by atoms with van der Waals surface area (Å²) in [5.74, 6) is 1.43. The summed E-state index contributed by atoms with van der Waals surface area (Å²) in [7, 11) is -1.49. The highest BCUT2D eigenvalue weighted by Gasteiger charge is 2.16. The molecule has 0 heterocycles. The summed E-state index contributed by atoms with van der Waals surface area (Å²) in [6.07, 6.45) is 1.66. The highest BCUT2D eigenvalue weighted by atomic mass is 31.2. The summed E-state index contributed by atoms with van der Waals surface area (Å²) in [5, 5.41) is 0. The standard InChI is InChI=1S/C15H15O3P/c1-2-13-16-19(17-14-9-5-3-6-10-14)18-15-11-7-4-8-12-15/h2-12H,1,13H2. The van der Waals surface area contributed by atoms with Gasteiger partial charge in [0, 0.05) is 0 Å². The number of para-hydroxylation sites is 2. The van der Waals surface area contributed by atoms with Crippen LogP contribution in [0, 0.1) is 0 Å². The van der Waals surface area contributed by atoms with Crippen LogP contribution in [0.4, 0.5) is 0 Å². The lowest BCUT2D eigenvalue weighted by Gasteiger charge is -2.16. The van der Waals surface area contributed by atoms with Gasteiger partial charge in [-0.05, 0) is 24.3 Å². The maximum Gasteiger partial charge on any atom is 0.463 e. The fraction of sp³-hybridized carbons (Fsp3) is 0.0667. The van der Waals surface area contributed by atoms with Crippen LogP contribution >= 0.6 is 8.60 Å². The van der Waals surface area contributed by atoms with E-state index in [9.17, 15) is 0 Å². The van der Waals surface area contributed by atoms with Crippen molar-refractivity contribution in [2.75, 3.05) is 6.61 Å². The molecule has 0 aliphatic carbocycles. The predicted octanol–water partition coefficient (Wildman–Crippen LogP) is 4.57. The van der Waals surface area contributed by atoms with Crippen LogP contribution in [-0.4, -0.2) is 6.61 Å². The summed E-state index contributed by atoms with van der Waals surface area (Å²) in [6.45, 7) is 4.00. The molecule has 0 unspecified atom stereocenters. The largest absolute Gasteiger partial charge is 0.463 e. The third-order valence-electron chi connectivity index (χ3n) is 2.14. The molecule has 2 aromatic carbocycles. The highest BCUT2D eigenvalue weighted by Crippen LogP contribution is 2.41. The Hall–Kier alpha value is -1.83. The summed E-state index contributed by atoms with van der Waals surface area (Å²) in [5.41, 5.74) is 0. The van der Waals surface area contributed by atoms with Gasteiger partial charge in [-0.25, -0.2) is 0 Å². The van der Waals surface area contributed by atoms with Crippen LogP contribution in [-0.2, 0) is 4.52 Å². The van der Waals surface area contributed by atoms with E-state index in [2.05, 4.69) is 6.58 Å². The molecule has 0 N–H and O–H groups in total. The Labute approximate surface area is 114 Å². The van der Waals surface area contributed by atoms with Gasteiger partial charge in [0.1, 0.15) is 11.5 Å². The van der Waals surface area contributed by atoms with Crippen molar-refractivity contribution in [2.24, 2.45) is 0 Å². The third kappa shape index (κ3) is 4.74. The van der Waals surface area contributed by atoms with E-state index < -0.39 is 8.60 Å². The van der Waals surface area contributed by atoms with Crippen molar-refractivity contribution < 1.29 is 13.6 Å². The molecule has 0 aliphatic rings. The number of rotatable bonds is 7. The molecule has 3 nitrogen and oxygen atoms in total. The van der Waals surface area contributed by atoms with Gasteiger partial charge in [-0.3, -0.25) is 4.52 Å². The molecule has 0 amide bonds. The summed E-state index contributed by atoms with van der Waals surface area (Å²) < 4.78 is 16.9. The van der Waals surface area contributed by atoms with Gasteiger partial charge in [0.15, 0.2) is 0 Å². The molecule has 0 bridgehead atoms. The lowest BCUT2D eigenvalue weighted by molar-refractivity contribution is 0.294. The summed E-state index contributed by atoms with van der Waals surface area (Å²) in [4.78, 5) is 0. The van der Waals surface area contributed by atoms with Gasteiger partial charge in [0.2, 0.25) is 0 Å². The van der Waals surface area contributed by atoms with Crippen LogP contribution in [0.5, 0.6) is 11.5 Å². The zero-order chi connectivity index (χ0) is 13.3. The lowest BCUT2D eigenvalue weighted by atomic mass is 10.3. The van der Waals surface area contributed by atoms with Crippen LogP contribution in [0.15, 0.2) is 73.3 Å². The Bertz CT molecular complexity index is 446. The first-order valence-electron chi connectivity index (χ1n) is 5.88. The number of benzene rings is 2. The average Bonchev–Trinajstić information content (AvgIpc) is 2.47. The highest BCUT2D eigenvalue weighted by molar-refractivity contribution is 7.42. The molecule has 0 fully saturated rings. The Morgan fingerprint density at radius 2 is 1.32 bits per heavy atom. The van der Waals surface area contributed by atoms with E-state index in [4.69, 9.17) is 13.6 Å². The molecule has 2 rings (SSSR count). The second kappa shape index (κ2) is 7.57. The number of hydrogen-bond acceptors (Lipinski definition) is 3. The minimum absolute atomic E-state index is 0.380. The van der Waals surface area contributed by atoms with Gasteiger partial charge < -0.3 is 9.05 Å². The van der Waals surface area contributed by atoms with Gasteiger partial charge in [-0.2, -0.15) is 0 Å². The maximum atomic E-state index is 5.69. The summed E-state index contributed by atoms with van der Waals surface area (Å²) >= 11 is 0. The smallest absolute Gasteiger partial charge is 0.418 e. The molecule has 4 heteroatoms. The SMILES string of the molecule is C=CCOP(Oc1ccccc1)Oc1ccccc1. The lowest BCUT2D eigenvalue weighted by Crippen LogP contribution is -1.99. The van der Waals surface area contributed by atoms with Gasteiger partial charge in [-0.1, -0.05) is 42.5 Å². The molecule has 98 valence electrons. The van der Waals surface area contributed by atoms with Crippen LogP contribution in [0.25, 0.3) is 0 Å². The molecule has 0 aromatic heterocycles. The quantitative estimate of drug-likeness (QED) is 0.546. The predicted molar refractivity (Wildman–Crippen MR) is 77.2 cm³/mol. The molecule has 0 saturated heterocycles. The molecule has 2 aromatic rings. The number of hydrogen-bond donors (Lipinski definition) is 0. The Morgan fingerprint density at radius 1 is 0.842 bits per heavy atom. The van der Waals surface area contributed by atoms with E-state index in [-0.39, 0.29) is 0 Å². The van der Waals surface area contributed by atoms with Gasteiger partial charge in [0.25, 0.3) is 0 Å². The van der Waals surface area contributed by atoms with E-state index >= 15 is 0 Å². The Balaban J connectivity index is 2.01. The Morgan fingerprint density at radius 3 is 1.74 bits per heavy atom. The summed E-state index contributed by atoms with van der Waals surface area (Å²) in [6, 6.07) is 18.9. The van der Waals surface area contributed by atoms with Crippen molar-refractivity contribution in [2.45, 2.75) is 0 Å². The fourth-order valence-electron chi connectivity index (χ4n) is 1.32.